The molecule has 0 bridgehead atoms. The van der Waals surface area contributed by atoms with Gasteiger partial charge >= 0.3 is 0 Å². The number of carbonyl (C=O) groups excluding carboxylic acids is 1. The van der Waals surface area contributed by atoms with Crippen molar-refractivity contribution < 1.29 is 9.53 Å². The number of hydrogen-bond donors (Lipinski definition) is 1. The van der Waals surface area contributed by atoms with Crippen LogP contribution in [0.1, 0.15) is 48.7 Å². The predicted molar refractivity (Wildman–Crippen MR) is 117 cm³/mol. The van der Waals surface area contributed by atoms with Gasteiger partial charge in [-0.15, -0.1) is 0 Å². The van der Waals surface area contributed by atoms with E-state index in [1.807, 2.05) is 23.4 Å². The van der Waals surface area contributed by atoms with E-state index in [1.54, 1.807) is 12.4 Å². The second-order valence-corrected chi connectivity index (χ2v) is 9.27. The molecule has 1 atom stereocenters. The molecule has 2 saturated heterocycles. The molecule has 3 aliphatic heterocycles. The van der Waals surface area contributed by atoms with E-state index in [2.05, 4.69) is 14.9 Å². The fraction of sp³-hybridized carbons (Fsp3) is 0.625. The fourth-order valence-electron chi connectivity index (χ4n) is 5.59. The molecule has 5 rings (SSSR count). The summed E-state index contributed by atoms with van der Waals surface area (Å²) < 4.78 is 5.58. The quantitative estimate of drug-likeness (QED) is 0.800. The zero-order valence-electron chi connectivity index (χ0n) is 18.2. The van der Waals surface area contributed by atoms with Gasteiger partial charge in [-0.1, -0.05) is 6.07 Å². The van der Waals surface area contributed by atoms with Crippen molar-refractivity contribution in [3.63, 3.8) is 0 Å². The van der Waals surface area contributed by atoms with Crippen LogP contribution in [-0.2, 0) is 22.4 Å². The van der Waals surface area contributed by atoms with Crippen LogP contribution in [0.5, 0.6) is 0 Å². The number of hydrogen-bond acceptors (Lipinski definition) is 5. The first-order valence-corrected chi connectivity index (χ1v) is 11.8. The van der Waals surface area contributed by atoms with Crippen molar-refractivity contribution in [2.45, 2.75) is 44.6 Å². The minimum atomic E-state index is 0.217. The van der Waals surface area contributed by atoms with Gasteiger partial charge in [-0.2, -0.15) is 0 Å². The number of aromatic amines is 1. The van der Waals surface area contributed by atoms with Crippen LogP contribution in [0.4, 0.5) is 0 Å². The van der Waals surface area contributed by atoms with E-state index < -0.39 is 0 Å². The Morgan fingerprint density at radius 3 is 2.77 bits per heavy atom. The van der Waals surface area contributed by atoms with Gasteiger partial charge in [0.2, 0.25) is 5.91 Å². The number of imidazole rings is 1. The molecule has 0 saturated carbocycles. The number of fused-ring (bicyclic) bond motifs is 1. The normalized spacial score (nSPS) is 23.6. The number of piperidine rings is 1. The number of pyridine rings is 1. The van der Waals surface area contributed by atoms with E-state index in [0.717, 1.165) is 83.0 Å². The fourth-order valence-corrected chi connectivity index (χ4v) is 5.59. The number of likely N-dealkylation sites (tertiary alicyclic amines) is 1. The Balaban J connectivity index is 1.24. The summed E-state index contributed by atoms with van der Waals surface area (Å²) in [6.07, 6.45) is 11.3. The minimum absolute atomic E-state index is 0.217. The zero-order valence-corrected chi connectivity index (χ0v) is 18.2. The smallest absolute Gasteiger partial charge is 0.227 e. The first-order valence-electron chi connectivity index (χ1n) is 11.8. The van der Waals surface area contributed by atoms with Crippen LogP contribution in [0.15, 0.2) is 30.9 Å². The van der Waals surface area contributed by atoms with Crippen molar-refractivity contribution in [3.05, 3.63) is 47.8 Å². The second kappa shape index (κ2) is 9.49. The Morgan fingerprint density at radius 1 is 1.16 bits per heavy atom. The molecule has 1 unspecified atom stereocenters. The predicted octanol–water partition coefficient (Wildman–Crippen LogP) is 2.61. The third-order valence-electron chi connectivity index (χ3n) is 7.32. The largest absolute Gasteiger partial charge is 0.381 e. The molecule has 7 heteroatoms. The van der Waals surface area contributed by atoms with E-state index in [0.29, 0.717) is 18.4 Å². The van der Waals surface area contributed by atoms with Crippen LogP contribution < -0.4 is 0 Å². The highest BCUT2D eigenvalue weighted by Gasteiger charge is 2.38. The molecule has 2 aromatic heterocycles. The van der Waals surface area contributed by atoms with Gasteiger partial charge in [0.05, 0.1) is 24.5 Å². The van der Waals surface area contributed by atoms with Crippen molar-refractivity contribution in [1.82, 2.24) is 24.8 Å². The molecular formula is C24H33N5O2. The van der Waals surface area contributed by atoms with Crippen LogP contribution in [0.25, 0.3) is 0 Å². The van der Waals surface area contributed by atoms with Crippen molar-refractivity contribution >= 4 is 5.91 Å². The van der Waals surface area contributed by atoms with Gasteiger partial charge in [-0.3, -0.25) is 14.7 Å². The molecule has 7 nitrogen and oxygen atoms in total. The Labute approximate surface area is 184 Å². The molecule has 0 radical (unpaired) electrons. The number of amides is 1. The Morgan fingerprint density at radius 2 is 2.00 bits per heavy atom. The maximum absolute atomic E-state index is 12.8. The molecule has 0 aliphatic carbocycles. The topological polar surface area (TPSA) is 74.4 Å². The van der Waals surface area contributed by atoms with E-state index in [1.165, 1.54) is 11.4 Å². The van der Waals surface area contributed by atoms with Gasteiger partial charge in [-0.05, 0) is 49.1 Å². The third kappa shape index (κ3) is 4.67. The van der Waals surface area contributed by atoms with Crippen molar-refractivity contribution in [2.24, 2.45) is 11.8 Å². The third-order valence-corrected chi connectivity index (χ3v) is 7.32. The van der Waals surface area contributed by atoms with Gasteiger partial charge < -0.3 is 14.6 Å². The molecule has 0 aromatic carbocycles. The maximum atomic E-state index is 12.8. The molecular weight excluding hydrogens is 390 g/mol. The lowest BCUT2D eigenvalue weighted by molar-refractivity contribution is -0.132. The summed E-state index contributed by atoms with van der Waals surface area (Å²) in [6, 6.07) is 4.24. The molecule has 1 amide bonds. The van der Waals surface area contributed by atoms with Crippen molar-refractivity contribution in [1.29, 1.82) is 0 Å². The summed E-state index contributed by atoms with van der Waals surface area (Å²) in [6.45, 7) is 5.70. The van der Waals surface area contributed by atoms with E-state index in [-0.39, 0.29) is 5.91 Å². The molecule has 3 aliphatic rings. The van der Waals surface area contributed by atoms with Crippen LogP contribution >= 0.6 is 0 Å². The molecule has 5 heterocycles. The highest BCUT2D eigenvalue weighted by atomic mass is 16.5. The monoisotopic (exact) mass is 423 g/mol. The molecule has 2 aromatic rings. The van der Waals surface area contributed by atoms with Crippen molar-refractivity contribution in [3.8, 4) is 0 Å². The molecule has 0 spiro atoms. The molecule has 31 heavy (non-hydrogen) atoms. The SMILES string of the molecule is O=C(Cc1cccnc1)N1CCC(C2c3nc[nH]c3CCN2CC2CCOCC2)CC1. The number of H-pyrrole nitrogens is 1. The van der Waals surface area contributed by atoms with Gasteiger partial charge in [0.25, 0.3) is 0 Å². The summed E-state index contributed by atoms with van der Waals surface area (Å²) in [5.41, 5.74) is 3.55. The van der Waals surface area contributed by atoms with E-state index in [4.69, 9.17) is 9.72 Å². The second-order valence-electron chi connectivity index (χ2n) is 9.27. The van der Waals surface area contributed by atoms with Crippen LogP contribution in [0.2, 0.25) is 0 Å². The molecule has 2 fully saturated rings. The maximum Gasteiger partial charge on any atom is 0.227 e. The van der Waals surface area contributed by atoms with E-state index >= 15 is 0 Å². The number of ether oxygens (including phenoxy) is 1. The molecule has 1 N–H and O–H groups in total. The lowest BCUT2D eigenvalue weighted by Crippen LogP contribution is -2.47. The average Bonchev–Trinajstić information content (AvgIpc) is 3.29. The van der Waals surface area contributed by atoms with Gasteiger partial charge in [0, 0.05) is 63.9 Å². The highest BCUT2D eigenvalue weighted by Crippen LogP contribution is 2.39. The van der Waals surface area contributed by atoms with Gasteiger partial charge in [-0.25, -0.2) is 4.98 Å². The number of nitrogens with zero attached hydrogens (tertiary/aromatic N) is 4. The minimum Gasteiger partial charge on any atom is -0.381 e. The summed E-state index contributed by atoms with van der Waals surface area (Å²) >= 11 is 0. The highest BCUT2D eigenvalue weighted by molar-refractivity contribution is 5.78. The number of carbonyl (C=O) groups is 1. The zero-order chi connectivity index (χ0) is 21.0. The summed E-state index contributed by atoms with van der Waals surface area (Å²) in [5.74, 6) is 1.48. The van der Waals surface area contributed by atoms with Crippen LogP contribution in [0, 0.1) is 11.8 Å². The lowest BCUT2D eigenvalue weighted by Gasteiger charge is -2.44. The standard InChI is InChI=1S/C24H33N5O2/c30-22(14-19-2-1-8-25-15-19)28-9-3-20(4-10-28)24-23-21(26-17-27-23)5-11-29(24)16-18-6-12-31-13-7-18/h1-2,8,15,17-18,20,24H,3-7,9-14,16H2,(H,26,27). The first-order chi connectivity index (χ1) is 15.3. The Bertz CT molecular complexity index is 856. The number of aromatic nitrogens is 3. The summed E-state index contributed by atoms with van der Waals surface area (Å²) in [5, 5.41) is 0. The Kier molecular flexibility index (Phi) is 6.32. The first kappa shape index (κ1) is 20.6. The summed E-state index contributed by atoms with van der Waals surface area (Å²) in [4.78, 5) is 29.8. The van der Waals surface area contributed by atoms with Gasteiger partial charge in [0.1, 0.15) is 0 Å². The van der Waals surface area contributed by atoms with Gasteiger partial charge in [0.15, 0.2) is 0 Å². The van der Waals surface area contributed by atoms with E-state index in [9.17, 15) is 4.79 Å². The van der Waals surface area contributed by atoms with Crippen molar-refractivity contribution in [2.75, 3.05) is 39.4 Å². The number of nitrogens with one attached hydrogen (secondary N) is 1. The lowest BCUT2D eigenvalue weighted by atomic mass is 9.83. The van der Waals surface area contributed by atoms with Crippen LogP contribution in [0.3, 0.4) is 0 Å². The number of rotatable bonds is 5. The molecule has 166 valence electrons. The average molecular weight is 424 g/mol. The summed E-state index contributed by atoms with van der Waals surface area (Å²) in [7, 11) is 0. The Hall–Kier alpha value is -2.25. The van der Waals surface area contributed by atoms with Crippen LogP contribution in [-0.4, -0.2) is 70.1 Å².